The molecular weight excluding hydrogens is 718 g/mol. The SMILES string of the molecule is CCCC(=O)c1ccc(Cc2cccc(C(F)(F)F)c2)c(-c2nnn(C)n2)c1.Cn1nnc(-c2cc(C(=O)O)ccc2Cc2cccc(C(F)(F)F)c2)n1. The van der Waals surface area contributed by atoms with Crippen LogP contribution in [0.25, 0.3) is 22.8 Å². The zero-order chi connectivity index (χ0) is 39.2. The highest BCUT2D eigenvalue weighted by atomic mass is 19.4. The molecule has 2 heterocycles. The number of ketones is 1. The summed E-state index contributed by atoms with van der Waals surface area (Å²) >= 11 is 0. The van der Waals surface area contributed by atoms with Gasteiger partial charge in [0.25, 0.3) is 0 Å². The number of rotatable bonds is 10. The molecule has 280 valence electrons. The van der Waals surface area contributed by atoms with Gasteiger partial charge in [-0.05, 0) is 82.3 Å². The topological polar surface area (TPSA) is 142 Å². The summed E-state index contributed by atoms with van der Waals surface area (Å²) in [5.41, 5.74) is 2.39. The van der Waals surface area contributed by atoms with Gasteiger partial charge in [0.15, 0.2) is 5.78 Å². The number of carboxylic acids is 1. The van der Waals surface area contributed by atoms with Crippen LogP contribution in [0.1, 0.15) is 73.9 Å². The van der Waals surface area contributed by atoms with E-state index in [0.29, 0.717) is 45.6 Å². The molecule has 0 amide bonds. The lowest BCUT2D eigenvalue weighted by Crippen LogP contribution is -2.06. The number of Topliss-reactive ketones (excluding diaryl/α,β-unsaturated/α-hetero) is 1. The van der Waals surface area contributed by atoms with Crippen molar-refractivity contribution >= 4 is 11.8 Å². The summed E-state index contributed by atoms with van der Waals surface area (Å²) in [6.45, 7) is 1.92. The fourth-order valence-electron chi connectivity index (χ4n) is 5.49. The van der Waals surface area contributed by atoms with Crippen molar-refractivity contribution in [3.8, 4) is 22.8 Å². The normalized spacial score (nSPS) is 11.6. The van der Waals surface area contributed by atoms with Gasteiger partial charge in [-0.1, -0.05) is 61.5 Å². The molecule has 0 aliphatic rings. The predicted octanol–water partition coefficient (Wildman–Crippen LogP) is 7.65. The molecule has 0 aliphatic heterocycles. The third-order valence-electron chi connectivity index (χ3n) is 8.06. The molecule has 0 saturated heterocycles. The van der Waals surface area contributed by atoms with E-state index < -0.39 is 29.4 Å². The lowest BCUT2D eigenvalue weighted by atomic mass is 9.94. The number of hydrogen-bond donors (Lipinski definition) is 1. The Kier molecular flexibility index (Phi) is 11.7. The van der Waals surface area contributed by atoms with Crippen LogP contribution in [-0.2, 0) is 39.3 Å². The van der Waals surface area contributed by atoms with Gasteiger partial charge in [-0.3, -0.25) is 4.79 Å². The van der Waals surface area contributed by atoms with Crippen LogP contribution < -0.4 is 0 Å². The van der Waals surface area contributed by atoms with E-state index in [9.17, 15) is 41.0 Å². The van der Waals surface area contributed by atoms with E-state index in [4.69, 9.17) is 0 Å². The molecule has 11 nitrogen and oxygen atoms in total. The Balaban J connectivity index is 0.000000208. The van der Waals surface area contributed by atoms with E-state index in [2.05, 4.69) is 30.8 Å². The number of aryl methyl sites for hydroxylation is 2. The number of nitrogens with zero attached hydrogens (tertiary/aromatic N) is 8. The summed E-state index contributed by atoms with van der Waals surface area (Å²) in [5, 5.41) is 32.9. The van der Waals surface area contributed by atoms with Crippen LogP contribution in [0.2, 0.25) is 0 Å². The van der Waals surface area contributed by atoms with Gasteiger partial charge in [-0.15, -0.1) is 20.4 Å². The number of benzene rings is 4. The van der Waals surface area contributed by atoms with Gasteiger partial charge in [0.05, 0.1) is 30.8 Å². The van der Waals surface area contributed by atoms with E-state index >= 15 is 0 Å². The van der Waals surface area contributed by atoms with Crippen LogP contribution in [0.4, 0.5) is 26.3 Å². The molecule has 0 bridgehead atoms. The first kappa shape index (κ1) is 39.0. The molecule has 1 N–H and O–H groups in total. The summed E-state index contributed by atoms with van der Waals surface area (Å²) in [4.78, 5) is 26.0. The second kappa shape index (κ2) is 16.2. The Morgan fingerprint density at radius 3 is 1.48 bits per heavy atom. The lowest BCUT2D eigenvalue weighted by Gasteiger charge is -2.11. The molecule has 6 rings (SSSR count). The summed E-state index contributed by atoms with van der Waals surface area (Å²) in [6.07, 6.45) is -7.28. The van der Waals surface area contributed by atoms with Crippen LogP contribution in [0.5, 0.6) is 0 Å². The van der Waals surface area contributed by atoms with Crippen LogP contribution in [0.15, 0.2) is 84.9 Å². The van der Waals surface area contributed by atoms with Gasteiger partial charge in [0.2, 0.25) is 11.6 Å². The first-order chi connectivity index (χ1) is 25.5. The lowest BCUT2D eigenvalue weighted by molar-refractivity contribution is -0.138. The minimum Gasteiger partial charge on any atom is -0.478 e. The molecule has 4 aromatic carbocycles. The van der Waals surface area contributed by atoms with E-state index in [1.54, 1.807) is 50.5 Å². The zero-order valence-electron chi connectivity index (χ0n) is 29.0. The molecule has 54 heavy (non-hydrogen) atoms. The van der Waals surface area contributed by atoms with Gasteiger partial charge >= 0.3 is 18.3 Å². The summed E-state index contributed by atoms with van der Waals surface area (Å²) in [5.74, 6) is -0.591. The van der Waals surface area contributed by atoms with Crippen molar-refractivity contribution in [1.82, 2.24) is 40.4 Å². The second-order valence-corrected chi connectivity index (χ2v) is 12.2. The maximum atomic E-state index is 13.0. The Morgan fingerprint density at radius 2 is 1.09 bits per heavy atom. The van der Waals surface area contributed by atoms with E-state index in [1.165, 1.54) is 33.9 Å². The highest BCUT2D eigenvalue weighted by Crippen LogP contribution is 2.33. The zero-order valence-corrected chi connectivity index (χ0v) is 29.0. The van der Waals surface area contributed by atoms with Crippen molar-refractivity contribution in [2.45, 2.75) is 45.0 Å². The predicted molar refractivity (Wildman–Crippen MR) is 183 cm³/mol. The number of hydrogen-bond acceptors (Lipinski definition) is 8. The fraction of sp³-hybridized carbons (Fsp3) is 0.243. The summed E-state index contributed by atoms with van der Waals surface area (Å²) in [7, 11) is 3.18. The summed E-state index contributed by atoms with van der Waals surface area (Å²) in [6, 6.07) is 19.7. The minimum absolute atomic E-state index is 0.00161. The number of aromatic nitrogens is 8. The van der Waals surface area contributed by atoms with Gasteiger partial charge < -0.3 is 5.11 Å². The Labute approximate surface area is 304 Å². The highest BCUT2D eigenvalue weighted by molar-refractivity contribution is 5.97. The second-order valence-electron chi connectivity index (χ2n) is 12.2. The number of halogens is 6. The molecule has 0 radical (unpaired) electrons. The number of carboxylic acid groups (broad SMARTS) is 1. The molecule has 0 unspecified atom stereocenters. The average molecular weight is 751 g/mol. The monoisotopic (exact) mass is 750 g/mol. The Morgan fingerprint density at radius 1 is 0.648 bits per heavy atom. The molecule has 0 aliphatic carbocycles. The van der Waals surface area contributed by atoms with Crippen molar-refractivity contribution < 1.29 is 41.0 Å². The fourth-order valence-corrected chi connectivity index (χ4v) is 5.49. The quantitative estimate of drug-likeness (QED) is 0.110. The van der Waals surface area contributed by atoms with Crippen LogP contribution in [-0.4, -0.2) is 57.3 Å². The number of aromatic carboxylic acids is 1. The third-order valence-corrected chi connectivity index (χ3v) is 8.06. The molecule has 6 aromatic rings. The first-order valence-electron chi connectivity index (χ1n) is 16.3. The number of carbonyl (C=O) groups excluding carboxylic acids is 1. The van der Waals surface area contributed by atoms with E-state index in [1.807, 2.05) is 6.92 Å². The van der Waals surface area contributed by atoms with Crippen molar-refractivity contribution in [1.29, 1.82) is 0 Å². The molecule has 0 fully saturated rings. The first-order valence-corrected chi connectivity index (χ1v) is 16.3. The Bertz CT molecular complexity index is 2280. The third kappa shape index (κ3) is 9.78. The molecule has 17 heteroatoms. The number of alkyl halides is 6. The van der Waals surface area contributed by atoms with Crippen molar-refractivity contribution in [2.24, 2.45) is 14.1 Å². The molecule has 2 aromatic heterocycles. The van der Waals surface area contributed by atoms with Crippen LogP contribution in [0, 0.1) is 0 Å². The largest absolute Gasteiger partial charge is 0.478 e. The van der Waals surface area contributed by atoms with Crippen molar-refractivity contribution in [3.63, 3.8) is 0 Å². The molecule has 0 spiro atoms. The van der Waals surface area contributed by atoms with Gasteiger partial charge in [0, 0.05) is 23.1 Å². The average Bonchev–Trinajstić information content (AvgIpc) is 3.76. The molecular formula is C37H32F6N8O3. The smallest absolute Gasteiger partial charge is 0.416 e. The van der Waals surface area contributed by atoms with Gasteiger partial charge in [0.1, 0.15) is 0 Å². The van der Waals surface area contributed by atoms with Crippen molar-refractivity contribution in [3.05, 3.63) is 129 Å². The summed E-state index contributed by atoms with van der Waals surface area (Å²) < 4.78 is 77.7. The van der Waals surface area contributed by atoms with E-state index in [-0.39, 0.29) is 30.0 Å². The van der Waals surface area contributed by atoms with Crippen LogP contribution in [0.3, 0.4) is 0 Å². The Hall–Kier alpha value is -6.26. The van der Waals surface area contributed by atoms with Crippen LogP contribution >= 0.6 is 0 Å². The maximum Gasteiger partial charge on any atom is 0.416 e. The number of carbonyl (C=O) groups is 2. The van der Waals surface area contributed by atoms with E-state index in [0.717, 1.165) is 36.2 Å². The van der Waals surface area contributed by atoms with Crippen molar-refractivity contribution in [2.75, 3.05) is 0 Å². The maximum absolute atomic E-state index is 13.0. The highest BCUT2D eigenvalue weighted by Gasteiger charge is 2.31. The molecule has 0 saturated carbocycles. The van der Waals surface area contributed by atoms with Gasteiger partial charge in [-0.25, -0.2) is 4.79 Å². The number of tetrazole rings is 2. The standard InChI is InChI=1S/C20H19F3N4O.C17H13F3N4O2/c1-3-5-18(28)15-9-8-14(17(12-15)19-24-26-27(2)25-19)10-13-6-4-7-16(11-13)20(21,22)23;1-24-22-15(21-23-24)14-9-12(16(25)26)6-5-11(14)7-10-3-2-4-13(8-10)17(18,19)20/h4,6-9,11-12H,3,5,10H2,1-2H3;2-6,8-9H,7H2,1H3,(H,25,26). The van der Waals surface area contributed by atoms with Gasteiger partial charge in [-0.2, -0.15) is 35.9 Å². The minimum atomic E-state index is -4.43. The molecule has 0 atom stereocenters.